The van der Waals surface area contributed by atoms with Gasteiger partial charge in [-0.3, -0.25) is 19.0 Å². The molecule has 2 amide bonds. The summed E-state index contributed by atoms with van der Waals surface area (Å²) in [6.45, 7) is 1.90. The number of aromatic nitrogens is 3. The Kier molecular flexibility index (Phi) is 8.52. The lowest BCUT2D eigenvalue weighted by Crippen LogP contribution is -2.38. The number of carbonyl (C=O) groups is 2. The number of anilines is 1. The van der Waals surface area contributed by atoms with Crippen molar-refractivity contribution in [3.63, 3.8) is 0 Å². The number of rotatable bonds is 9. The van der Waals surface area contributed by atoms with Crippen molar-refractivity contribution < 1.29 is 14.3 Å². The van der Waals surface area contributed by atoms with E-state index in [1.165, 1.54) is 23.1 Å². The van der Waals surface area contributed by atoms with Crippen molar-refractivity contribution in [2.45, 2.75) is 56.3 Å². The Balaban J connectivity index is 1.23. The second kappa shape index (κ2) is 12.2. The van der Waals surface area contributed by atoms with Crippen LogP contribution in [-0.2, 0) is 20.9 Å². The molecular formula is C26H31N5O4S2. The van der Waals surface area contributed by atoms with Gasteiger partial charge in [0.2, 0.25) is 11.8 Å². The minimum absolute atomic E-state index is 0.00695. The van der Waals surface area contributed by atoms with Gasteiger partial charge in [-0.25, -0.2) is 9.97 Å². The summed E-state index contributed by atoms with van der Waals surface area (Å²) in [7, 11) is 0. The number of nitrogens with zero attached hydrogens (tertiary/aromatic N) is 3. The highest BCUT2D eigenvalue weighted by molar-refractivity contribution is 7.99. The minimum atomic E-state index is -0.191. The Labute approximate surface area is 223 Å². The van der Waals surface area contributed by atoms with E-state index in [2.05, 4.69) is 15.6 Å². The van der Waals surface area contributed by atoms with E-state index in [-0.39, 0.29) is 41.1 Å². The lowest BCUT2D eigenvalue weighted by molar-refractivity contribution is -0.126. The maximum absolute atomic E-state index is 13.4. The molecule has 1 aliphatic carbocycles. The van der Waals surface area contributed by atoms with Crippen molar-refractivity contribution in [1.29, 1.82) is 0 Å². The first-order valence-electron chi connectivity index (χ1n) is 12.8. The van der Waals surface area contributed by atoms with Gasteiger partial charge in [0.1, 0.15) is 0 Å². The largest absolute Gasteiger partial charge is 0.376 e. The van der Waals surface area contributed by atoms with Gasteiger partial charge in [0.15, 0.2) is 10.3 Å². The number of para-hydroxylation sites is 1. The normalized spacial score (nSPS) is 21.7. The quantitative estimate of drug-likeness (QED) is 0.314. The molecule has 196 valence electrons. The monoisotopic (exact) mass is 541 g/mol. The second-order valence-corrected chi connectivity index (χ2v) is 11.4. The average Bonchev–Trinajstić information content (AvgIpc) is 3.63. The number of thioether (sulfide) groups is 1. The molecule has 3 aromatic rings. The molecule has 2 fully saturated rings. The highest BCUT2D eigenvalue weighted by Crippen LogP contribution is 2.31. The molecule has 0 unspecified atom stereocenters. The number of hydrogen-bond donors (Lipinski definition) is 2. The molecule has 3 heterocycles. The highest BCUT2D eigenvalue weighted by atomic mass is 32.2. The molecule has 2 aliphatic rings. The first-order valence-corrected chi connectivity index (χ1v) is 14.6. The Morgan fingerprint density at radius 1 is 1.16 bits per heavy atom. The molecule has 1 aliphatic heterocycles. The van der Waals surface area contributed by atoms with Gasteiger partial charge in [-0.15, -0.1) is 11.3 Å². The van der Waals surface area contributed by atoms with Crippen LogP contribution in [0.5, 0.6) is 0 Å². The lowest BCUT2D eigenvalue weighted by Gasteiger charge is -2.29. The second-order valence-electron chi connectivity index (χ2n) is 9.60. The molecule has 11 heteroatoms. The van der Waals surface area contributed by atoms with Crippen molar-refractivity contribution in [2.24, 2.45) is 11.8 Å². The topological polar surface area (TPSA) is 115 Å². The summed E-state index contributed by atoms with van der Waals surface area (Å²) in [5.41, 5.74) is 0.531. The van der Waals surface area contributed by atoms with E-state index >= 15 is 0 Å². The van der Waals surface area contributed by atoms with E-state index in [1.807, 2.05) is 18.2 Å². The van der Waals surface area contributed by atoms with Gasteiger partial charge in [-0.1, -0.05) is 23.9 Å². The lowest BCUT2D eigenvalue weighted by atomic mass is 9.81. The third-order valence-corrected chi connectivity index (χ3v) is 8.69. The molecule has 1 saturated heterocycles. The number of hydrogen-bond acceptors (Lipinski definition) is 8. The first-order chi connectivity index (χ1) is 18.1. The van der Waals surface area contributed by atoms with Crippen LogP contribution in [0, 0.1) is 11.8 Å². The number of nitrogens with one attached hydrogen (secondary N) is 2. The standard InChI is InChI=1S/C26H31N5O4S2/c32-22(30-25-27-11-13-36-25)16-37-26-29-21-6-2-1-5-20(21)24(34)31(26)15-17-7-9-18(10-8-17)23(33)28-14-19-4-3-12-35-19/h1-2,5-6,11,13,17-19H,3-4,7-10,12,14-16H2,(H,28,33)(H,27,30,32)/t17?,18?,19-/m1/s1. The van der Waals surface area contributed by atoms with E-state index in [4.69, 9.17) is 9.72 Å². The smallest absolute Gasteiger partial charge is 0.262 e. The minimum Gasteiger partial charge on any atom is -0.376 e. The molecule has 5 rings (SSSR count). The average molecular weight is 542 g/mol. The van der Waals surface area contributed by atoms with Gasteiger partial charge >= 0.3 is 0 Å². The molecular weight excluding hydrogens is 510 g/mol. The summed E-state index contributed by atoms with van der Waals surface area (Å²) in [4.78, 5) is 47.4. The van der Waals surface area contributed by atoms with Crippen LogP contribution in [0.15, 0.2) is 45.8 Å². The fourth-order valence-electron chi connectivity index (χ4n) is 5.02. The zero-order chi connectivity index (χ0) is 25.6. The highest BCUT2D eigenvalue weighted by Gasteiger charge is 2.28. The van der Waals surface area contributed by atoms with Crippen molar-refractivity contribution in [3.05, 3.63) is 46.2 Å². The molecule has 0 radical (unpaired) electrons. The zero-order valence-electron chi connectivity index (χ0n) is 20.6. The maximum atomic E-state index is 13.4. The van der Waals surface area contributed by atoms with Crippen molar-refractivity contribution in [1.82, 2.24) is 19.9 Å². The third kappa shape index (κ3) is 6.58. The van der Waals surface area contributed by atoms with Crippen molar-refractivity contribution in [3.8, 4) is 0 Å². The van der Waals surface area contributed by atoms with E-state index in [0.717, 1.165) is 45.1 Å². The summed E-state index contributed by atoms with van der Waals surface area (Å²) in [6.07, 6.45) is 7.19. The van der Waals surface area contributed by atoms with Crippen LogP contribution in [0.2, 0.25) is 0 Å². The molecule has 1 atom stereocenters. The van der Waals surface area contributed by atoms with Crippen LogP contribution in [0.1, 0.15) is 38.5 Å². The Morgan fingerprint density at radius 3 is 2.76 bits per heavy atom. The van der Waals surface area contributed by atoms with E-state index in [0.29, 0.717) is 34.3 Å². The van der Waals surface area contributed by atoms with Gasteiger partial charge in [0.25, 0.3) is 5.56 Å². The zero-order valence-corrected chi connectivity index (χ0v) is 22.2. The van der Waals surface area contributed by atoms with Crippen LogP contribution in [0.25, 0.3) is 10.9 Å². The summed E-state index contributed by atoms with van der Waals surface area (Å²) >= 11 is 2.62. The van der Waals surface area contributed by atoms with Crippen LogP contribution in [-0.4, -0.2) is 51.4 Å². The molecule has 2 aromatic heterocycles. The van der Waals surface area contributed by atoms with Gasteiger partial charge in [-0.2, -0.15) is 0 Å². The van der Waals surface area contributed by atoms with Crippen LogP contribution < -0.4 is 16.2 Å². The Hall–Kier alpha value is -2.76. The molecule has 0 spiro atoms. The van der Waals surface area contributed by atoms with E-state index < -0.39 is 0 Å². The molecule has 37 heavy (non-hydrogen) atoms. The predicted molar refractivity (Wildman–Crippen MR) is 145 cm³/mol. The molecule has 2 N–H and O–H groups in total. The number of benzene rings is 1. The Bertz CT molecular complexity index is 1280. The maximum Gasteiger partial charge on any atom is 0.262 e. The van der Waals surface area contributed by atoms with Crippen LogP contribution in [0.4, 0.5) is 5.13 Å². The van der Waals surface area contributed by atoms with Gasteiger partial charge in [0.05, 0.1) is 22.8 Å². The van der Waals surface area contributed by atoms with Crippen LogP contribution >= 0.6 is 23.1 Å². The van der Waals surface area contributed by atoms with Gasteiger partial charge in [-0.05, 0) is 56.6 Å². The number of fused-ring (bicyclic) bond motifs is 1. The van der Waals surface area contributed by atoms with E-state index in [9.17, 15) is 14.4 Å². The summed E-state index contributed by atoms with van der Waals surface area (Å²) in [6, 6.07) is 7.31. The molecule has 1 aromatic carbocycles. The number of carbonyl (C=O) groups excluding carboxylic acids is 2. The fraction of sp³-hybridized carbons (Fsp3) is 0.500. The fourth-order valence-corrected chi connectivity index (χ4v) is 6.37. The summed E-state index contributed by atoms with van der Waals surface area (Å²) in [5.74, 6) is 0.324. The number of ether oxygens (including phenoxy) is 1. The molecule has 0 bridgehead atoms. The summed E-state index contributed by atoms with van der Waals surface area (Å²) in [5, 5.41) is 9.29. The first kappa shape index (κ1) is 25.9. The molecule has 9 nitrogen and oxygen atoms in total. The predicted octanol–water partition coefficient (Wildman–Crippen LogP) is 3.69. The summed E-state index contributed by atoms with van der Waals surface area (Å²) < 4.78 is 7.32. The van der Waals surface area contributed by atoms with Crippen molar-refractivity contribution in [2.75, 3.05) is 24.2 Å². The number of thiazole rings is 1. The molecule has 1 saturated carbocycles. The third-order valence-electron chi connectivity index (χ3n) is 7.02. The SMILES string of the molecule is O=C(CSc1nc2ccccc2c(=O)n1CC1CCC(C(=O)NC[C@H]2CCCO2)CC1)Nc1nccs1. The van der Waals surface area contributed by atoms with Gasteiger partial charge < -0.3 is 15.4 Å². The van der Waals surface area contributed by atoms with Gasteiger partial charge in [0, 0.05) is 37.2 Å². The van der Waals surface area contributed by atoms with Crippen LogP contribution in [0.3, 0.4) is 0 Å². The van der Waals surface area contributed by atoms with Crippen molar-refractivity contribution >= 4 is 50.9 Å². The number of amides is 2. The van der Waals surface area contributed by atoms with E-state index in [1.54, 1.807) is 22.2 Å². The Morgan fingerprint density at radius 2 is 2.00 bits per heavy atom.